The van der Waals surface area contributed by atoms with E-state index in [0.717, 1.165) is 6.07 Å². The Hall–Kier alpha value is -3.66. The zero-order valence-electron chi connectivity index (χ0n) is 16.9. The van der Waals surface area contributed by atoms with Crippen LogP contribution in [0.25, 0.3) is 0 Å². The summed E-state index contributed by atoms with van der Waals surface area (Å²) in [6, 6.07) is 11.4. The molecule has 0 atom stereocenters. The SMILES string of the molecule is COCc1ccc(C(=O)NCc2ccc(Oc3cc(F)cc(C(F)(F)F)c3)cc2)c(N)n1. The number of ether oxygens (including phenoxy) is 2. The number of methoxy groups -OCH3 is 1. The molecule has 168 valence electrons. The Labute approximate surface area is 181 Å². The largest absolute Gasteiger partial charge is 0.457 e. The quantitative estimate of drug-likeness (QED) is 0.511. The normalized spacial score (nSPS) is 11.3. The Balaban J connectivity index is 1.62. The molecule has 0 saturated heterocycles. The number of rotatable bonds is 7. The summed E-state index contributed by atoms with van der Waals surface area (Å²) in [6.07, 6.45) is -4.69. The number of nitrogens with one attached hydrogen (secondary N) is 1. The Morgan fingerprint density at radius 1 is 1.06 bits per heavy atom. The van der Waals surface area contributed by atoms with Gasteiger partial charge in [-0.05, 0) is 42.0 Å². The van der Waals surface area contributed by atoms with Gasteiger partial charge in [-0.3, -0.25) is 4.79 Å². The Kier molecular flexibility index (Phi) is 6.94. The zero-order chi connectivity index (χ0) is 23.3. The van der Waals surface area contributed by atoms with Crippen LogP contribution in [0.5, 0.6) is 11.5 Å². The van der Waals surface area contributed by atoms with Crippen molar-refractivity contribution in [2.75, 3.05) is 12.8 Å². The first-order valence-corrected chi connectivity index (χ1v) is 9.33. The highest BCUT2D eigenvalue weighted by atomic mass is 19.4. The topological polar surface area (TPSA) is 86.5 Å². The monoisotopic (exact) mass is 449 g/mol. The molecule has 2 aromatic carbocycles. The number of carbonyl (C=O) groups is 1. The minimum absolute atomic E-state index is 0.0779. The highest BCUT2D eigenvalue weighted by Gasteiger charge is 2.31. The zero-order valence-corrected chi connectivity index (χ0v) is 16.9. The summed E-state index contributed by atoms with van der Waals surface area (Å²) in [5.74, 6) is -1.47. The maximum absolute atomic E-state index is 13.5. The maximum atomic E-state index is 13.5. The van der Waals surface area contributed by atoms with Crippen LogP contribution in [0.1, 0.15) is 27.2 Å². The maximum Gasteiger partial charge on any atom is 0.416 e. The summed E-state index contributed by atoms with van der Waals surface area (Å²) in [5, 5.41) is 2.70. The van der Waals surface area contributed by atoms with Crippen molar-refractivity contribution in [2.45, 2.75) is 19.3 Å². The second-order valence-corrected chi connectivity index (χ2v) is 6.77. The lowest BCUT2D eigenvalue weighted by Crippen LogP contribution is -2.24. The molecule has 1 amide bonds. The van der Waals surface area contributed by atoms with Gasteiger partial charge in [0.1, 0.15) is 23.1 Å². The number of nitrogens with two attached hydrogens (primary N) is 1. The molecule has 1 aromatic heterocycles. The van der Waals surface area contributed by atoms with Gasteiger partial charge in [-0.1, -0.05) is 12.1 Å². The van der Waals surface area contributed by atoms with Crippen LogP contribution < -0.4 is 15.8 Å². The van der Waals surface area contributed by atoms with E-state index in [-0.39, 0.29) is 36.0 Å². The lowest BCUT2D eigenvalue weighted by molar-refractivity contribution is -0.137. The molecule has 0 aliphatic rings. The summed E-state index contributed by atoms with van der Waals surface area (Å²) < 4.78 is 62.2. The first-order chi connectivity index (χ1) is 15.2. The molecule has 0 saturated carbocycles. The van der Waals surface area contributed by atoms with Gasteiger partial charge in [0.05, 0.1) is 23.4 Å². The number of pyridine rings is 1. The van der Waals surface area contributed by atoms with E-state index < -0.39 is 23.5 Å². The molecule has 0 aliphatic carbocycles. The van der Waals surface area contributed by atoms with Crippen molar-refractivity contribution in [2.24, 2.45) is 0 Å². The second-order valence-electron chi connectivity index (χ2n) is 6.77. The van der Waals surface area contributed by atoms with Crippen LogP contribution in [-0.2, 0) is 24.1 Å². The summed E-state index contributed by atoms with van der Waals surface area (Å²) in [5.41, 5.74) is 6.19. The molecule has 1 heterocycles. The number of amides is 1. The summed E-state index contributed by atoms with van der Waals surface area (Å²) in [7, 11) is 1.52. The van der Waals surface area contributed by atoms with Crippen molar-refractivity contribution in [3.8, 4) is 11.5 Å². The van der Waals surface area contributed by atoms with Crippen molar-refractivity contribution in [1.29, 1.82) is 0 Å². The smallest absolute Gasteiger partial charge is 0.416 e. The lowest BCUT2D eigenvalue weighted by Gasteiger charge is -2.11. The fourth-order valence-electron chi connectivity index (χ4n) is 2.81. The standard InChI is InChI=1S/C22H19F4N3O3/c1-31-12-16-4-7-19(20(27)29-16)21(30)28-11-13-2-5-17(6-3-13)32-18-9-14(22(24,25)26)8-15(23)10-18/h2-10H,11-12H2,1H3,(H2,27,29)(H,28,30). The van der Waals surface area contributed by atoms with Crippen molar-refractivity contribution in [1.82, 2.24) is 10.3 Å². The summed E-state index contributed by atoms with van der Waals surface area (Å²) in [4.78, 5) is 16.4. The van der Waals surface area contributed by atoms with Crippen molar-refractivity contribution in [3.05, 3.63) is 82.8 Å². The fraction of sp³-hybridized carbons (Fsp3) is 0.182. The van der Waals surface area contributed by atoms with E-state index in [1.807, 2.05) is 0 Å². The Bertz CT molecular complexity index is 1100. The predicted octanol–water partition coefficient (Wildman–Crippen LogP) is 4.69. The predicted molar refractivity (Wildman–Crippen MR) is 108 cm³/mol. The molecule has 6 nitrogen and oxygen atoms in total. The van der Waals surface area contributed by atoms with Crippen LogP contribution in [0, 0.1) is 5.82 Å². The number of halogens is 4. The van der Waals surface area contributed by atoms with Crippen molar-refractivity contribution < 1.29 is 31.8 Å². The van der Waals surface area contributed by atoms with Crippen molar-refractivity contribution in [3.63, 3.8) is 0 Å². The average molecular weight is 449 g/mol. The van der Waals surface area contributed by atoms with Crippen LogP contribution in [0.3, 0.4) is 0 Å². The van der Waals surface area contributed by atoms with Crippen LogP contribution in [0.4, 0.5) is 23.4 Å². The molecule has 3 N–H and O–H groups in total. The molecule has 0 spiro atoms. The minimum atomic E-state index is -4.69. The first kappa shape index (κ1) is 23.0. The average Bonchev–Trinajstić information content (AvgIpc) is 2.72. The highest BCUT2D eigenvalue weighted by molar-refractivity contribution is 5.98. The molecule has 0 fully saturated rings. The van der Waals surface area contributed by atoms with Crippen LogP contribution in [0.2, 0.25) is 0 Å². The fourth-order valence-corrected chi connectivity index (χ4v) is 2.81. The van der Waals surface area contributed by atoms with E-state index in [1.54, 1.807) is 24.3 Å². The van der Waals surface area contributed by atoms with Gasteiger partial charge in [-0.25, -0.2) is 9.37 Å². The van der Waals surface area contributed by atoms with E-state index in [0.29, 0.717) is 23.4 Å². The molecule has 0 bridgehead atoms. The first-order valence-electron chi connectivity index (χ1n) is 9.33. The van der Waals surface area contributed by atoms with Gasteiger partial charge in [0.2, 0.25) is 0 Å². The van der Waals surface area contributed by atoms with Gasteiger partial charge in [0, 0.05) is 19.7 Å². The summed E-state index contributed by atoms with van der Waals surface area (Å²) in [6.45, 7) is 0.435. The highest BCUT2D eigenvalue weighted by Crippen LogP contribution is 2.33. The molecule has 0 radical (unpaired) electrons. The van der Waals surface area contributed by atoms with Gasteiger partial charge in [0.15, 0.2) is 0 Å². The third-order valence-electron chi connectivity index (χ3n) is 4.33. The van der Waals surface area contributed by atoms with Crippen LogP contribution in [-0.4, -0.2) is 18.0 Å². The number of hydrogen-bond donors (Lipinski definition) is 2. The van der Waals surface area contributed by atoms with Gasteiger partial charge in [0.25, 0.3) is 5.91 Å². The van der Waals surface area contributed by atoms with Crippen molar-refractivity contribution >= 4 is 11.7 Å². The number of benzene rings is 2. The van der Waals surface area contributed by atoms with E-state index in [1.165, 1.54) is 19.2 Å². The molecule has 3 rings (SSSR count). The molecule has 0 aliphatic heterocycles. The number of anilines is 1. The van der Waals surface area contributed by atoms with E-state index in [4.69, 9.17) is 15.2 Å². The lowest BCUT2D eigenvalue weighted by atomic mass is 10.2. The molecule has 3 aromatic rings. The third-order valence-corrected chi connectivity index (χ3v) is 4.33. The number of carbonyl (C=O) groups excluding carboxylic acids is 1. The number of nitrogens with zero attached hydrogens (tertiary/aromatic N) is 1. The van der Waals surface area contributed by atoms with Gasteiger partial charge >= 0.3 is 6.18 Å². The number of hydrogen-bond acceptors (Lipinski definition) is 5. The van der Waals surface area contributed by atoms with Crippen LogP contribution in [0.15, 0.2) is 54.6 Å². The molecular weight excluding hydrogens is 430 g/mol. The van der Waals surface area contributed by atoms with E-state index >= 15 is 0 Å². The van der Waals surface area contributed by atoms with Gasteiger partial charge in [-0.15, -0.1) is 0 Å². The molecule has 10 heteroatoms. The number of alkyl halides is 3. The Morgan fingerprint density at radius 2 is 1.78 bits per heavy atom. The number of aromatic nitrogens is 1. The van der Waals surface area contributed by atoms with E-state index in [9.17, 15) is 22.4 Å². The van der Waals surface area contributed by atoms with Crippen LogP contribution >= 0.6 is 0 Å². The summed E-state index contributed by atoms with van der Waals surface area (Å²) >= 11 is 0. The second kappa shape index (κ2) is 9.65. The molecule has 32 heavy (non-hydrogen) atoms. The van der Waals surface area contributed by atoms with E-state index in [2.05, 4.69) is 10.3 Å². The molecular formula is C22H19F4N3O3. The van der Waals surface area contributed by atoms with Gasteiger partial charge < -0.3 is 20.5 Å². The third kappa shape index (κ3) is 5.94. The minimum Gasteiger partial charge on any atom is -0.457 e. The van der Waals surface area contributed by atoms with Gasteiger partial charge in [-0.2, -0.15) is 13.2 Å². The molecule has 0 unspecified atom stereocenters. The Morgan fingerprint density at radius 3 is 2.41 bits per heavy atom. The number of nitrogen functional groups attached to an aromatic ring is 1.